The first-order chi connectivity index (χ1) is 7.46. The third-order valence-electron chi connectivity index (χ3n) is 4.24. The van der Waals surface area contributed by atoms with Crippen molar-refractivity contribution in [1.82, 2.24) is 5.32 Å². The Kier molecular flexibility index (Phi) is 5.30. The van der Waals surface area contributed by atoms with Crippen LogP contribution in [0.5, 0.6) is 0 Å². The number of hydrogen-bond donors (Lipinski definition) is 1. The van der Waals surface area contributed by atoms with Crippen molar-refractivity contribution in [3.8, 4) is 0 Å². The Labute approximate surface area is 102 Å². The summed E-state index contributed by atoms with van der Waals surface area (Å²) in [5.41, 5.74) is 0.600. The lowest BCUT2D eigenvalue weighted by Crippen LogP contribution is -2.43. The predicted molar refractivity (Wildman–Crippen MR) is 72.7 cm³/mol. The van der Waals surface area contributed by atoms with Gasteiger partial charge in [-0.2, -0.15) is 0 Å². The Morgan fingerprint density at radius 3 is 2.19 bits per heavy atom. The lowest BCUT2D eigenvalue weighted by Gasteiger charge is -2.40. The Balaban J connectivity index is 2.46. The Hall–Kier alpha value is -0.0400. The molecule has 1 aliphatic carbocycles. The number of rotatable bonds is 5. The topological polar surface area (TPSA) is 12.0 Å². The molecule has 0 heterocycles. The zero-order valence-corrected chi connectivity index (χ0v) is 12.0. The molecule has 1 atom stereocenters. The lowest BCUT2D eigenvalue weighted by atomic mass is 9.69. The summed E-state index contributed by atoms with van der Waals surface area (Å²) in [4.78, 5) is 0. The van der Waals surface area contributed by atoms with Crippen LogP contribution in [0.2, 0.25) is 0 Å². The van der Waals surface area contributed by atoms with Gasteiger partial charge in [-0.05, 0) is 55.9 Å². The number of nitrogens with one attached hydrogen (secondary N) is 1. The molecular formula is C15H31N. The molecule has 0 saturated heterocycles. The fourth-order valence-electron chi connectivity index (χ4n) is 3.04. The molecule has 0 radical (unpaired) electrons. The fraction of sp³-hybridized carbons (Fsp3) is 1.00. The van der Waals surface area contributed by atoms with E-state index in [1.807, 2.05) is 0 Å². The van der Waals surface area contributed by atoms with Gasteiger partial charge in [0.05, 0.1) is 0 Å². The summed E-state index contributed by atoms with van der Waals surface area (Å²) in [5.74, 6) is 1.69. The zero-order valence-electron chi connectivity index (χ0n) is 12.0. The summed E-state index contributed by atoms with van der Waals surface area (Å²) < 4.78 is 0. The van der Waals surface area contributed by atoms with Gasteiger partial charge in [0.1, 0.15) is 0 Å². The van der Waals surface area contributed by atoms with Gasteiger partial charge in [-0.25, -0.2) is 0 Å². The van der Waals surface area contributed by atoms with Crippen LogP contribution >= 0.6 is 0 Å². The summed E-state index contributed by atoms with van der Waals surface area (Å²) in [6, 6.07) is 0.746. The van der Waals surface area contributed by atoms with Crippen molar-refractivity contribution in [3.63, 3.8) is 0 Å². The molecule has 0 amide bonds. The van der Waals surface area contributed by atoms with Gasteiger partial charge in [0, 0.05) is 6.04 Å². The van der Waals surface area contributed by atoms with E-state index < -0.39 is 0 Å². The van der Waals surface area contributed by atoms with E-state index in [0.717, 1.165) is 17.9 Å². The van der Waals surface area contributed by atoms with Crippen LogP contribution in [-0.4, -0.2) is 12.6 Å². The summed E-state index contributed by atoms with van der Waals surface area (Å²) in [7, 11) is 0. The highest BCUT2D eigenvalue weighted by Crippen LogP contribution is 2.40. The van der Waals surface area contributed by atoms with Crippen LogP contribution in [0.4, 0.5) is 0 Å². The van der Waals surface area contributed by atoms with Crippen molar-refractivity contribution in [3.05, 3.63) is 0 Å². The van der Waals surface area contributed by atoms with Crippen molar-refractivity contribution in [2.24, 2.45) is 17.3 Å². The minimum Gasteiger partial charge on any atom is -0.313 e. The molecule has 1 heteroatoms. The van der Waals surface area contributed by atoms with Gasteiger partial charge in [0.25, 0.3) is 0 Å². The second-order valence-electron chi connectivity index (χ2n) is 6.73. The van der Waals surface area contributed by atoms with Gasteiger partial charge in [-0.3, -0.25) is 0 Å². The van der Waals surface area contributed by atoms with Gasteiger partial charge in [-0.1, -0.05) is 34.6 Å². The molecular weight excluding hydrogens is 194 g/mol. The van der Waals surface area contributed by atoms with Gasteiger partial charge >= 0.3 is 0 Å². The molecule has 0 aliphatic heterocycles. The molecule has 1 aliphatic rings. The van der Waals surface area contributed by atoms with Gasteiger partial charge in [0.15, 0.2) is 0 Å². The first-order valence-corrected chi connectivity index (χ1v) is 7.19. The number of hydrogen-bond acceptors (Lipinski definition) is 1. The fourth-order valence-corrected chi connectivity index (χ4v) is 3.04. The third kappa shape index (κ3) is 4.08. The van der Waals surface area contributed by atoms with Gasteiger partial charge < -0.3 is 5.32 Å². The standard InChI is InChI=1S/C15H31N/c1-6-11-16-14(12(2)3)13-7-9-15(4,5)10-8-13/h12-14,16H,6-11H2,1-5H3. The van der Waals surface area contributed by atoms with Crippen LogP contribution in [0.15, 0.2) is 0 Å². The average molecular weight is 225 g/mol. The molecule has 0 aromatic rings. The van der Waals surface area contributed by atoms with E-state index in [-0.39, 0.29) is 0 Å². The molecule has 1 N–H and O–H groups in total. The van der Waals surface area contributed by atoms with Crippen LogP contribution in [0.25, 0.3) is 0 Å². The third-order valence-corrected chi connectivity index (χ3v) is 4.24. The maximum Gasteiger partial charge on any atom is 0.0118 e. The Morgan fingerprint density at radius 1 is 1.19 bits per heavy atom. The van der Waals surface area contributed by atoms with E-state index in [1.54, 1.807) is 0 Å². The highest BCUT2D eigenvalue weighted by Gasteiger charge is 2.32. The highest BCUT2D eigenvalue weighted by molar-refractivity contribution is 4.86. The zero-order chi connectivity index (χ0) is 12.2. The van der Waals surface area contributed by atoms with E-state index in [1.165, 1.54) is 38.6 Å². The normalized spacial score (nSPS) is 23.6. The predicted octanol–water partition coefficient (Wildman–Crippen LogP) is 4.23. The molecule has 0 spiro atoms. The van der Waals surface area contributed by atoms with E-state index >= 15 is 0 Å². The maximum atomic E-state index is 3.77. The van der Waals surface area contributed by atoms with Crippen molar-refractivity contribution in [1.29, 1.82) is 0 Å². The minimum atomic E-state index is 0.600. The molecule has 1 nitrogen and oxygen atoms in total. The monoisotopic (exact) mass is 225 g/mol. The van der Waals surface area contributed by atoms with E-state index in [9.17, 15) is 0 Å². The van der Waals surface area contributed by atoms with Crippen LogP contribution in [0, 0.1) is 17.3 Å². The highest BCUT2D eigenvalue weighted by atomic mass is 14.9. The summed E-state index contributed by atoms with van der Waals surface area (Å²) in [6.07, 6.45) is 6.92. The van der Waals surface area contributed by atoms with Gasteiger partial charge in [-0.15, -0.1) is 0 Å². The van der Waals surface area contributed by atoms with Crippen molar-refractivity contribution in [2.45, 2.75) is 72.8 Å². The van der Waals surface area contributed by atoms with Crippen molar-refractivity contribution in [2.75, 3.05) is 6.54 Å². The lowest BCUT2D eigenvalue weighted by molar-refractivity contribution is 0.143. The molecule has 1 fully saturated rings. The SMILES string of the molecule is CCCNC(C(C)C)C1CCC(C)(C)CC1. The molecule has 0 aromatic carbocycles. The largest absolute Gasteiger partial charge is 0.313 e. The van der Waals surface area contributed by atoms with Crippen LogP contribution in [0.3, 0.4) is 0 Å². The molecule has 1 unspecified atom stereocenters. The second kappa shape index (κ2) is 6.05. The second-order valence-corrected chi connectivity index (χ2v) is 6.73. The molecule has 1 saturated carbocycles. The summed E-state index contributed by atoms with van der Waals surface area (Å²) in [5, 5.41) is 3.77. The molecule has 16 heavy (non-hydrogen) atoms. The van der Waals surface area contributed by atoms with Crippen LogP contribution < -0.4 is 5.32 Å². The van der Waals surface area contributed by atoms with Crippen LogP contribution in [-0.2, 0) is 0 Å². The first-order valence-electron chi connectivity index (χ1n) is 7.19. The quantitative estimate of drug-likeness (QED) is 0.738. The molecule has 0 bridgehead atoms. The maximum absolute atomic E-state index is 3.77. The summed E-state index contributed by atoms with van der Waals surface area (Å²) in [6.45, 7) is 13.0. The van der Waals surface area contributed by atoms with Crippen molar-refractivity contribution >= 4 is 0 Å². The minimum absolute atomic E-state index is 0.600. The van der Waals surface area contributed by atoms with Crippen molar-refractivity contribution < 1.29 is 0 Å². The Morgan fingerprint density at radius 2 is 1.75 bits per heavy atom. The molecule has 1 rings (SSSR count). The Bertz CT molecular complexity index is 186. The van der Waals surface area contributed by atoms with E-state index in [0.29, 0.717) is 5.41 Å². The summed E-state index contributed by atoms with van der Waals surface area (Å²) >= 11 is 0. The van der Waals surface area contributed by atoms with E-state index in [4.69, 9.17) is 0 Å². The smallest absolute Gasteiger partial charge is 0.0118 e. The van der Waals surface area contributed by atoms with E-state index in [2.05, 4.69) is 39.9 Å². The molecule has 0 aromatic heterocycles. The molecule has 96 valence electrons. The average Bonchev–Trinajstić information content (AvgIpc) is 2.20. The van der Waals surface area contributed by atoms with Gasteiger partial charge in [0.2, 0.25) is 0 Å². The first kappa shape index (κ1) is 14.0. The van der Waals surface area contributed by atoms with Crippen LogP contribution in [0.1, 0.15) is 66.7 Å².